The zero-order valence-corrected chi connectivity index (χ0v) is 14.5. The number of aromatic amines is 1. The van der Waals surface area contributed by atoms with Gasteiger partial charge in [-0.15, -0.1) is 5.10 Å². The first-order chi connectivity index (χ1) is 10.9. The fourth-order valence-electron chi connectivity index (χ4n) is 2.45. The van der Waals surface area contributed by atoms with Gasteiger partial charge in [0, 0.05) is 24.0 Å². The van der Waals surface area contributed by atoms with Crippen LogP contribution in [0.25, 0.3) is 5.95 Å². The van der Waals surface area contributed by atoms with E-state index in [1.807, 2.05) is 45.5 Å². The minimum Gasteiger partial charge on any atom is -0.272 e. The van der Waals surface area contributed by atoms with Crippen molar-refractivity contribution in [2.45, 2.75) is 27.7 Å². The van der Waals surface area contributed by atoms with Crippen molar-refractivity contribution in [1.29, 1.82) is 0 Å². The van der Waals surface area contributed by atoms with Gasteiger partial charge in [-0.05, 0) is 46.0 Å². The van der Waals surface area contributed by atoms with Crippen LogP contribution in [0.4, 0.5) is 0 Å². The van der Waals surface area contributed by atoms with E-state index in [0.717, 1.165) is 28.3 Å². The highest BCUT2D eigenvalue weighted by Gasteiger charge is 2.12. The van der Waals surface area contributed by atoms with Gasteiger partial charge in [0.05, 0.1) is 17.6 Å². The van der Waals surface area contributed by atoms with Crippen molar-refractivity contribution in [2.75, 3.05) is 0 Å². The number of hydrogen-bond acceptors (Lipinski definition) is 5. The fraction of sp³-hybridized carbons (Fsp3) is 0.357. The van der Waals surface area contributed by atoms with Crippen LogP contribution in [0.15, 0.2) is 11.2 Å². The highest BCUT2D eigenvalue weighted by Crippen LogP contribution is 2.12. The van der Waals surface area contributed by atoms with Gasteiger partial charge in [-0.1, -0.05) is 0 Å². The van der Waals surface area contributed by atoms with Gasteiger partial charge >= 0.3 is 0 Å². The highest BCUT2D eigenvalue weighted by atomic mass is 32.1. The van der Waals surface area contributed by atoms with Crippen LogP contribution in [0.2, 0.25) is 0 Å². The maximum atomic E-state index is 5.28. The predicted octanol–water partition coefficient (Wildman–Crippen LogP) is 1.98. The van der Waals surface area contributed by atoms with Crippen molar-refractivity contribution in [3.63, 3.8) is 0 Å². The molecule has 0 bridgehead atoms. The van der Waals surface area contributed by atoms with Gasteiger partial charge in [-0.25, -0.2) is 9.78 Å². The Kier molecular flexibility index (Phi) is 3.72. The second kappa shape index (κ2) is 5.58. The van der Waals surface area contributed by atoms with Crippen molar-refractivity contribution in [3.05, 3.63) is 39.2 Å². The van der Waals surface area contributed by atoms with E-state index < -0.39 is 0 Å². The summed E-state index contributed by atoms with van der Waals surface area (Å²) in [5, 5.41) is 20.3. The molecule has 0 atom stereocenters. The standard InChI is InChI=1S/C14H18N8S/c1-8-6-9(2)21(18-8)13-16-17-14(23)22(13)15-7-12-10(3)19-20(5)11(12)4/h6-7H,1-5H3,(H,17,23)/b15-7-. The molecule has 3 heterocycles. The predicted molar refractivity (Wildman–Crippen MR) is 89.7 cm³/mol. The van der Waals surface area contributed by atoms with Crippen LogP contribution in [0, 0.1) is 32.5 Å². The molecular weight excluding hydrogens is 312 g/mol. The van der Waals surface area contributed by atoms with E-state index in [1.165, 1.54) is 0 Å². The topological polar surface area (TPSA) is 81.6 Å². The quantitative estimate of drug-likeness (QED) is 0.588. The Bertz CT molecular complexity index is 952. The Morgan fingerprint density at radius 1 is 1.22 bits per heavy atom. The molecule has 120 valence electrons. The molecule has 0 saturated heterocycles. The zero-order valence-electron chi connectivity index (χ0n) is 13.7. The van der Waals surface area contributed by atoms with E-state index in [4.69, 9.17) is 12.2 Å². The smallest absolute Gasteiger partial charge is 0.271 e. The third-order valence-corrected chi connectivity index (χ3v) is 3.96. The number of aromatic nitrogens is 7. The van der Waals surface area contributed by atoms with Gasteiger partial charge < -0.3 is 0 Å². The number of aryl methyl sites for hydroxylation is 4. The minimum absolute atomic E-state index is 0.406. The molecular formula is C14H18N8S. The molecule has 0 amide bonds. The molecule has 0 aliphatic rings. The third kappa shape index (κ3) is 2.63. The Labute approximate surface area is 138 Å². The second-order valence-electron chi connectivity index (χ2n) is 5.43. The molecule has 1 N–H and O–H groups in total. The molecule has 0 aromatic carbocycles. The monoisotopic (exact) mass is 330 g/mol. The summed E-state index contributed by atoms with van der Waals surface area (Å²) in [7, 11) is 1.91. The molecule has 0 unspecified atom stereocenters. The second-order valence-corrected chi connectivity index (χ2v) is 5.82. The normalized spacial score (nSPS) is 11.7. The first kappa shape index (κ1) is 15.3. The van der Waals surface area contributed by atoms with Gasteiger partial charge in [0.1, 0.15) is 0 Å². The van der Waals surface area contributed by atoms with Crippen molar-refractivity contribution < 1.29 is 0 Å². The number of rotatable bonds is 3. The maximum Gasteiger partial charge on any atom is 0.271 e. The highest BCUT2D eigenvalue weighted by molar-refractivity contribution is 7.71. The summed E-state index contributed by atoms with van der Waals surface area (Å²) in [5.74, 6) is 0.524. The largest absolute Gasteiger partial charge is 0.272 e. The van der Waals surface area contributed by atoms with E-state index >= 15 is 0 Å². The molecule has 0 spiro atoms. The Hall–Kier alpha value is -2.55. The molecule has 3 aromatic rings. The lowest BCUT2D eigenvalue weighted by molar-refractivity contribution is 0.714. The molecule has 23 heavy (non-hydrogen) atoms. The average molecular weight is 330 g/mol. The van der Waals surface area contributed by atoms with Crippen LogP contribution >= 0.6 is 12.2 Å². The average Bonchev–Trinajstić information content (AvgIpc) is 3.08. The molecule has 0 aliphatic carbocycles. The molecule has 0 saturated carbocycles. The van der Waals surface area contributed by atoms with Gasteiger partial charge in [-0.3, -0.25) is 4.68 Å². The van der Waals surface area contributed by atoms with E-state index in [0.29, 0.717) is 10.7 Å². The van der Waals surface area contributed by atoms with Gasteiger partial charge in [0.25, 0.3) is 5.95 Å². The van der Waals surface area contributed by atoms with Crippen LogP contribution in [-0.4, -0.2) is 40.6 Å². The van der Waals surface area contributed by atoms with Crippen LogP contribution in [0.5, 0.6) is 0 Å². The SMILES string of the molecule is Cc1cc(C)n(-c2n[nH]c(=S)n2/N=C\c2c(C)nn(C)c2C)n1. The van der Waals surface area contributed by atoms with Crippen LogP contribution in [-0.2, 0) is 7.05 Å². The molecule has 9 heteroatoms. The summed E-state index contributed by atoms with van der Waals surface area (Å²) >= 11 is 5.28. The van der Waals surface area contributed by atoms with E-state index in [2.05, 4.69) is 25.5 Å². The summed E-state index contributed by atoms with van der Waals surface area (Å²) in [6.45, 7) is 7.84. The van der Waals surface area contributed by atoms with E-state index in [9.17, 15) is 0 Å². The van der Waals surface area contributed by atoms with Crippen LogP contribution in [0.1, 0.15) is 28.3 Å². The molecule has 0 radical (unpaired) electrons. The lowest BCUT2D eigenvalue weighted by Crippen LogP contribution is -2.07. The molecule has 3 rings (SSSR count). The summed E-state index contributed by atoms with van der Waals surface area (Å²) in [4.78, 5) is 0. The molecule has 3 aromatic heterocycles. The summed E-state index contributed by atoms with van der Waals surface area (Å²) in [6, 6.07) is 1.97. The van der Waals surface area contributed by atoms with Crippen LogP contribution < -0.4 is 0 Å². The lowest BCUT2D eigenvalue weighted by atomic mass is 10.2. The zero-order chi connectivity index (χ0) is 16.7. The van der Waals surface area contributed by atoms with Crippen molar-refractivity contribution in [3.8, 4) is 5.95 Å². The molecule has 0 fully saturated rings. The first-order valence-electron chi connectivity index (χ1n) is 7.14. The molecule has 0 aliphatic heterocycles. The summed E-state index contributed by atoms with van der Waals surface area (Å²) < 4.78 is 5.50. The van der Waals surface area contributed by atoms with Gasteiger partial charge in [-0.2, -0.15) is 20.0 Å². The van der Waals surface area contributed by atoms with Gasteiger partial charge in [0.15, 0.2) is 0 Å². The third-order valence-electron chi connectivity index (χ3n) is 3.70. The van der Waals surface area contributed by atoms with E-state index in [-0.39, 0.29) is 0 Å². The van der Waals surface area contributed by atoms with Crippen molar-refractivity contribution in [1.82, 2.24) is 34.4 Å². The Morgan fingerprint density at radius 2 is 1.96 bits per heavy atom. The number of nitrogens with zero attached hydrogens (tertiary/aromatic N) is 7. The van der Waals surface area contributed by atoms with E-state index in [1.54, 1.807) is 15.6 Å². The first-order valence-corrected chi connectivity index (χ1v) is 7.55. The van der Waals surface area contributed by atoms with Crippen molar-refractivity contribution >= 4 is 18.4 Å². The van der Waals surface area contributed by atoms with Crippen LogP contribution in [0.3, 0.4) is 0 Å². The minimum atomic E-state index is 0.406. The fourth-order valence-corrected chi connectivity index (χ4v) is 2.62. The van der Waals surface area contributed by atoms with Gasteiger partial charge in [0.2, 0.25) is 4.77 Å². The van der Waals surface area contributed by atoms with Crippen molar-refractivity contribution in [2.24, 2.45) is 12.1 Å². The summed E-state index contributed by atoms with van der Waals surface area (Å²) in [5.41, 5.74) is 4.79. The Morgan fingerprint density at radius 3 is 2.52 bits per heavy atom. The maximum absolute atomic E-state index is 5.28. The Balaban J connectivity index is 2.08. The summed E-state index contributed by atoms with van der Waals surface area (Å²) in [6.07, 6.45) is 1.75. The number of nitrogens with one attached hydrogen (secondary N) is 1. The number of hydrogen-bond donors (Lipinski definition) is 1. The number of H-pyrrole nitrogens is 1. The molecule has 8 nitrogen and oxygen atoms in total. The lowest BCUT2D eigenvalue weighted by Gasteiger charge is -2.02.